The minimum atomic E-state index is -4.49. The summed E-state index contributed by atoms with van der Waals surface area (Å²) in [5.74, 6) is -0.982. The Balaban J connectivity index is 2.19. The van der Waals surface area contributed by atoms with Crippen LogP contribution in [0.5, 0.6) is 0 Å². The fourth-order valence-corrected chi connectivity index (χ4v) is 1.47. The van der Waals surface area contributed by atoms with Crippen molar-refractivity contribution in [2.45, 2.75) is 12.6 Å². The topological polar surface area (TPSA) is 34.9 Å². The molecule has 3 nitrogen and oxygen atoms in total. The number of hydrogen-bond donors (Lipinski definition) is 0. The van der Waals surface area contributed by atoms with Gasteiger partial charge in [0.2, 0.25) is 0 Å². The van der Waals surface area contributed by atoms with Crippen molar-refractivity contribution in [3.63, 3.8) is 0 Å². The van der Waals surface area contributed by atoms with E-state index >= 15 is 0 Å². The lowest BCUT2D eigenvalue weighted by Crippen LogP contribution is -2.14. The predicted molar refractivity (Wildman–Crippen MR) is 58.6 cm³/mol. The number of rotatable bonds is 3. The summed E-state index contributed by atoms with van der Waals surface area (Å²) in [6, 6.07) is 8.83. The molecule has 0 bridgehead atoms. The Hall–Kier alpha value is -2.11. The van der Waals surface area contributed by atoms with Gasteiger partial charge in [0.1, 0.15) is 6.42 Å². The second-order valence-electron chi connectivity index (χ2n) is 3.72. The van der Waals surface area contributed by atoms with E-state index in [1.54, 1.807) is 24.3 Å². The first-order chi connectivity index (χ1) is 8.46. The third-order valence-electron chi connectivity index (χ3n) is 2.29. The largest absolute Gasteiger partial charge is 0.396 e. The Morgan fingerprint density at radius 1 is 1.22 bits per heavy atom. The molecular formula is C12H9F3N2O. The van der Waals surface area contributed by atoms with Crippen molar-refractivity contribution in [3.05, 3.63) is 48.3 Å². The molecule has 0 saturated carbocycles. The van der Waals surface area contributed by atoms with Gasteiger partial charge >= 0.3 is 6.18 Å². The molecule has 6 heteroatoms. The molecule has 0 unspecified atom stereocenters. The molecule has 1 aromatic heterocycles. The van der Waals surface area contributed by atoms with Crippen LogP contribution in [0, 0.1) is 0 Å². The molecule has 0 aliphatic carbocycles. The second kappa shape index (κ2) is 4.64. The number of aromatic nitrogens is 2. The first kappa shape index (κ1) is 12.3. The molecule has 0 N–H and O–H groups in total. The molecule has 0 fully saturated rings. The van der Waals surface area contributed by atoms with E-state index in [1.165, 1.54) is 10.9 Å². The van der Waals surface area contributed by atoms with Crippen LogP contribution >= 0.6 is 0 Å². The Bertz CT molecular complexity index is 546. The quantitative estimate of drug-likeness (QED) is 0.789. The van der Waals surface area contributed by atoms with Crippen molar-refractivity contribution in [2.24, 2.45) is 0 Å². The third kappa shape index (κ3) is 2.97. The first-order valence-electron chi connectivity index (χ1n) is 5.16. The SMILES string of the molecule is O=C(CC(F)(F)F)c1cnn(-c2ccccc2)c1. The minimum absolute atomic E-state index is 0.0452. The molecule has 18 heavy (non-hydrogen) atoms. The molecular weight excluding hydrogens is 245 g/mol. The van der Waals surface area contributed by atoms with E-state index in [-0.39, 0.29) is 5.56 Å². The Labute approximate surface area is 101 Å². The van der Waals surface area contributed by atoms with Crippen LogP contribution in [-0.4, -0.2) is 21.7 Å². The highest BCUT2D eigenvalue weighted by Crippen LogP contribution is 2.22. The van der Waals surface area contributed by atoms with Crippen LogP contribution in [0.2, 0.25) is 0 Å². The van der Waals surface area contributed by atoms with Crippen molar-refractivity contribution >= 4 is 5.78 Å². The summed E-state index contributed by atoms with van der Waals surface area (Å²) in [7, 11) is 0. The van der Waals surface area contributed by atoms with Crippen molar-refractivity contribution in [3.8, 4) is 5.69 Å². The highest BCUT2D eigenvalue weighted by molar-refractivity contribution is 5.96. The fourth-order valence-electron chi connectivity index (χ4n) is 1.47. The maximum Gasteiger partial charge on any atom is 0.396 e. The first-order valence-corrected chi connectivity index (χ1v) is 5.16. The van der Waals surface area contributed by atoms with Crippen LogP contribution in [-0.2, 0) is 0 Å². The van der Waals surface area contributed by atoms with Gasteiger partial charge in [-0.1, -0.05) is 18.2 Å². The third-order valence-corrected chi connectivity index (χ3v) is 2.29. The number of nitrogens with zero attached hydrogens (tertiary/aromatic N) is 2. The number of ketones is 1. The number of benzene rings is 1. The monoisotopic (exact) mass is 254 g/mol. The Morgan fingerprint density at radius 3 is 2.50 bits per heavy atom. The van der Waals surface area contributed by atoms with Gasteiger partial charge in [0.05, 0.1) is 17.4 Å². The lowest BCUT2D eigenvalue weighted by atomic mass is 10.2. The van der Waals surface area contributed by atoms with E-state index in [0.717, 1.165) is 6.20 Å². The van der Waals surface area contributed by atoms with E-state index in [4.69, 9.17) is 0 Å². The lowest BCUT2D eigenvalue weighted by Gasteiger charge is -2.03. The van der Waals surface area contributed by atoms with Gasteiger partial charge in [0, 0.05) is 6.20 Å². The molecule has 0 saturated heterocycles. The summed E-state index contributed by atoms with van der Waals surface area (Å²) < 4.78 is 37.6. The van der Waals surface area contributed by atoms with E-state index in [9.17, 15) is 18.0 Å². The van der Waals surface area contributed by atoms with Crippen LogP contribution in [0.1, 0.15) is 16.8 Å². The molecule has 0 aliphatic heterocycles. The van der Waals surface area contributed by atoms with E-state index in [2.05, 4.69) is 5.10 Å². The van der Waals surface area contributed by atoms with Crippen LogP contribution in [0.25, 0.3) is 5.69 Å². The zero-order chi connectivity index (χ0) is 13.2. The van der Waals surface area contributed by atoms with Gasteiger partial charge in [-0.05, 0) is 12.1 Å². The summed E-state index contributed by atoms with van der Waals surface area (Å²) in [6.07, 6.45) is -3.52. The van der Waals surface area contributed by atoms with Gasteiger partial charge in [-0.15, -0.1) is 0 Å². The van der Waals surface area contributed by atoms with Gasteiger partial charge in [0.25, 0.3) is 0 Å². The van der Waals surface area contributed by atoms with Crippen LogP contribution < -0.4 is 0 Å². The van der Waals surface area contributed by atoms with Gasteiger partial charge in [0.15, 0.2) is 5.78 Å². The van der Waals surface area contributed by atoms with Crippen molar-refractivity contribution in [1.82, 2.24) is 9.78 Å². The molecule has 94 valence electrons. The number of alkyl halides is 3. The number of Topliss-reactive ketones (excluding diaryl/α,β-unsaturated/α-hetero) is 1. The van der Waals surface area contributed by atoms with Crippen LogP contribution in [0.4, 0.5) is 13.2 Å². The van der Waals surface area contributed by atoms with Gasteiger partial charge < -0.3 is 0 Å². The number of hydrogen-bond acceptors (Lipinski definition) is 2. The lowest BCUT2D eigenvalue weighted by molar-refractivity contribution is -0.125. The summed E-state index contributed by atoms with van der Waals surface area (Å²) in [6.45, 7) is 0. The molecule has 0 spiro atoms. The van der Waals surface area contributed by atoms with Gasteiger partial charge in [-0.25, -0.2) is 4.68 Å². The predicted octanol–water partition coefficient (Wildman–Crippen LogP) is 3.01. The number of halogens is 3. The van der Waals surface area contributed by atoms with Crippen LogP contribution in [0.3, 0.4) is 0 Å². The van der Waals surface area contributed by atoms with Crippen molar-refractivity contribution in [1.29, 1.82) is 0 Å². The summed E-state index contributed by atoms with van der Waals surface area (Å²) in [5, 5.41) is 3.87. The molecule has 0 atom stereocenters. The Kier molecular flexibility index (Phi) is 3.18. The van der Waals surface area contributed by atoms with Gasteiger partial charge in [-0.3, -0.25) is 4.79 Å². The van der Waals surface area contributed by atoms with E-state index in [1.807, 2.05) is 6.07 Å². The maximum absolute atomic E-state index is 12.1. The number of para-hydroxylation sites is 1. The summed E-state index contributed by atoms with van der Waals surface area (Å²) in [5.41, 5.74) is 0.639. The summed E-state index contributed by atoms with van der Waals surface area (Å²) >= 11 is 0. The van der Waals surface area contributed by atoms with E-state index < -0.39 is 18.4 Å². The number of carbonyl (C=O) groups excluding carboxylic acids is 1. The molecule has 0 amide bonds. The number of carbonyl (C=O) groups is 1. The normalized spacial score (nSPS) is 11.5. The fraction of sp³-hybridized carbons (Fsp3) is 0.167. The summed E-state index contributed by atoms with van der Waals surface area (Å²) in [4.78, 5) is 11.3. The zero-order valence-corrected chi connectivity index (χ0v) is 9.19. The highest BCUT2D eigenvalue weighted by atomic mass is 19.4. The van der Waals surface area contributed by atoms with E-state index in [0.29, 0.717) is 5.69 Å². The molecule has 2 rings (SSSR count). The Morgan fingerprint density at radius 2 is 1.89 bits per heavy atom. The van der Waals surface area contributed by atoms with Crippen LogP contribution in [0.15, 0.2) is 42.7 Å². The standard InChI is InChI=1S/C12H9F3N2O/c13-12(14,15)6-11(18)9-7-16-17(8-9)10-4-2-1-3-5-10/h1-5,7-8H,6H2. The second-order valence-corrected chi connectivity index (χ2v) is 3.72. The molecule has 0 aliphatic rings. The smallest absolute Gasteiger partial charge is 0.294 e. The van der Waals surface area contributed by atoms with Gasteiger partial charge in [-0.2, -0.15) is 18.3 Å². The average molecular weight is 254 g/mol. The minimum Gasteiger partial charge on any atom is -0.294 e. The maximum atomic E-state index is 12.1. The van der Waals surface area contributed by atoms with Crippen molar-refractivity contribution in [2.75, 3.05) is 0 Å². The molecule has 2 aromatic rings. The average Bonchev–Trinajstić information content (AvgIpc) is 2.77. The molecule has 1 heterocycles. The zero-order valence-electron chi connectivity index (χ0n) is 9.19. The molecule has 0 radical (unpaired) electrons. The highest BCUT2D eigenvalue weighted by Gasteiger charge is 2.32. The molecule has 1 aromatic carbocycles. The van der Waals surface area contributed by atoms with Crippen molar-refractivity contribution < 1.29 is 18.0 Å².